The molecule has 0 aliphatic carbocycles. The largest absolute Gasteiger partial charge is 0.486 e. The fourth-order valence-corrected chi connectivity index (χ4v) is 2.58. The molecule has 0 aliphatic heterocycles. The predicted octanol–water partition coefficient (Wildman–Crippen LogP) is 3.17. The highest BCUT2D eigenvalue weighted by atomic mass is 35.5. The van der Waals surface area contributed by atoms with Crippen LogP contribution in [0.4, 0.5) is 8.78 Å². The van der Waals surface area contributed by atoms with E-state index in [1.165, 1.54) is 0 Å². The van der Waals surface area contributed by atoms with Crippen molar-refractivity contribution in [2.75, 3.05) is 13.1 Å². The smallest absolute Gasteiger partial charge is 0.277 e. The molecule has 6 nitrogen and oxygen atoms in total. The van der Waals surface area contributed by atoms with E-state index < -0.39 is 24.9 Å². The zero-order valence-corrected chi connectivity index (χ0v) is 17.0. The Kier molecular flexibility index (Phi) is 9.29. The fraction of sp³-hybridized carbons (Fsp3) is 0.263. The van der Waals surface area contributed by atoms with Crippen molar-refractivity contribution in [1.82, 2.24) is 14.9 Å². The zero-order valence-electron chi connectivity index (χ0n) is 15.4. The molecule has 0 spiro atoms. The Balaban J connectivity index is 0.00000210. The summed E-state index contributed by atoms with van der Waals surface area (Å²) in [5, 5.41) is 2.22. The highest BCUT2D eigenvalue weighted by Crippen LogP contribution is 2.18. The number of nitrogens with two attached hydrogens (primary N) is 1. The Morgan fingerprint density at radius 2 is 1.76 bits per heavy atom. The molecule has 0 fully saturated rings. The van der Waals surface area contributed by atoms with Gasteiger partial charge in [-0.3, -0.25) is 4.79 Å². The number of ether oxygens (including phenoxy) is 1. The molecule has 0 aliphatic rings. The number of nitrogens with one attached hydrogen (secondary N) is 1. The van der Waals surface area contributed by atoms with Gasteiger partial charge in [0.2, 0.25) is 5.91 Å². The first-order valence-corrected chi connectivity index (χ1v) is 8.45. The summed E-state index contributed by atoms with van der Waals surface area (Å²) in [7, 11) is 0. The van der Waals surface area contributed by atoms with Gasteiger partial charge < -0.3 is 20.4 Å². The topological polar surface area (TPSA) is 82.2 Å². The Morgan fingerprint density at radius 3 is 2.45 bits per heavy atom. The summed E-state index contributed by atoms with van der Waals surface area (Å²) in [5.74, 6) is -2.48. The van der Waals surface area contributed by atoms with Gasteiger partial charge in [-0.15, -0.1) is 24.8 Å². The van der Waals surface area contributed by atoms with E-state index in [1.807, 2.05) is 54.6 Å². The minimum atomic E-state index is -3.13. The Bertz CT molecular complexity index is 923. The van der Waals surface area contributed by atoms with E-state index in [-0.39, 0.29) is 38.0 Å². The summed E-state index contributed by atoms with van der Waals surface area (Å²) in [6.07, 6.45) is 0. The van der Waals surface area contributed by atoms with Crippen LogP contribution in [0, 0.1) is 0 Å². The van der Waals surface area contributed by atoms with Crippen LogP contribution >= 0.6 is 24.8 Å². The van der Waals surface area contributed by atoms with Gasteiger partial charge in [0.25, 0.3) is 5.92 Å². The number of rotatable bonds is 8. The van der Waals surface area contributed by atoms with Crippen molar-refractivity contribution >= 4 is 41.8 Å². The molecular weight excluding hydrogens is 425 g/mol. The SMILES string of the molecule is Cl.Cl.NCC(F)(F)CNC(=O)Cn1c(COc2ccccc2)nc2ccccc21. The third-order valence-electron chi connectivity index (χ3n) is 3.99. The molecule has 10 heteroatoms. The van der Waals surface area contributed by atoms with Crippen LogP contribution in [0.2, 0.25) is 0 Å². The summed E-state index contributed by atoms with van der Waals surface area (Å²) < 4.78 is 33.9. The lowest BCUT2D eigenvalue weighted by atomic mass is 10.3. The van der Waals surface area contributed by atoms with Gasteiger partial charge in [0, 0.05) is 0 Å². The number of carbonyl (C=O) groups excluding carboxylic acids is 1. The first-order valence-electron chi connectivity index (χ1n) is 8.45. The molecule has 1 heterocycles. The quantitative estimate of drug-likeness (QED) is 0.556. The van der Waals surface area contributed by atoms with Crippen LogP contribution in [0.1, 0.15) is 5.82 Å². The predicted molar refractivity (Wildman–Crippen MR) is 112 cm³/mol. The number of alkyl halides is 2. The average molecular weight is 447 g/mol. The van der Waals surface area contributed by atoms with Gasteiger partial charge in [0.1, 0.15) is 24.7 Å². The number of aromatic nitrogens is 2. The second-order valence-electron chi connectivity index (χ2n) is 6.04. The van der Waals surface area contributed by atoms with Crippen molar-refractivity contribution in [2.24, 2.45) is 5.73 Å². The van der Waals surface area contributed by atoms with Gasteiger partial charge >= 0.3 is 0 Å². The molecule has 158 valence electrons. The molecule has 0 unspecified atom stereocenters. The number of fused-ring (bicyclic) bond motifs is 1. The monoisotopic (exact) mass is 446 g/mol. The van der Waals surface area contributed by atoms with Crippen molar-refractivity contribution in [3.63, 3.8) is 0 Å². The van der Waals surface area contributed by atoms with Crippen LogP contribution in [-0.2, 0) is 17.9 Å². The molecule has 0 bridgehead atoms. The van der Waals surface area contributed by atoms with Gasteiger partial charge in [-0.1, -0.05) is 30.3 Å². The Morgan fingerprint density at radius 1 is 1.10 bits per heavy atom. The third kappa shape index (κ3) is 6.56. The van der Waals surface area contributed by atoms with Crippen molar-refractivity contribution in [1.29, 1.82) is 0 Å². The number of amides is 1. The molecule has 0 saturated carbocycles. The fourth-order valence-electron chi connectivity index (χ4n) is 2.58. The van der Waals surface area contributed by atoms with Crippen LogP contribution in [0.15, 0.2) is 54.6 Å². The number of para-hydroxylation sites is 3. The molecule has 0 atom stereocenters. The standard InChI is InChI=1S/C19H20F2N4O2.2ClH/c20-19(21,12-22)13-23-18(26)10-25-16-9-5-4-8-15(16)24-17(25)11-27-14-6-2-1-3-7-14;;/h1-9H,10-13,22H2,(H,23,26);2*1H. The first kappa shape index (κ1) is 24.6. The number of hydrogen-bond donors (Lipinski definition) is 2. The molecule has 0 radical (unpaired) electrons. The lowest BCUT2D eigenvalue weighted by molar-refractivity contribution is -0.123. The normalized spacial score (nSPS) is 10.7. The lowest BCUT2D eigenvalue weighted by Gasteiger charge is -2.15. The number of nitrogens with zero attached hydrogens (tertiary/aromatic N) is 2. The zero-order chi connectivity index (χ0) is 19.3. The maximum absolute atomic E-state index is 13.3. The van der Waals surface area contributed by atoms with E-state index in [9.17, 15) is 13.6 Å². The molecule has 3 aromatic rings. The molecule has 1 amide bonds. The number of benzene rings is 2. The van der Waals surface area contributed by atoms with Gasteiger partial charge in [0.15, 0.2) is 0 Å². The van der Waals surface area contributed by atoms with E-state index in [0.717, 1.165) is 5.52 Å². The Labute approximate surface area is 179 Å². The van der Waals surface area contributed by atoms with Crippen LogP contribution in [0.25, 0.3) is 11.0 Å². The molecule has 1 aromatic heterocycles. The van der Waals surface area contributed by atoms with E-state index in [4.69, 9.17) is 10.5 Å². The van der Waals surface area contributed by atoms with E-state index in [0.29, 0.717) is 17.1 Å². The number of carbonyl (C=O) groups is 1. The van der Waals surface area contributed by atoms with Gasteiger partial charge in [-0.2, -0.15) is 0 Å². The summed E-state index contributed by atoms with van der Waals surface area (Å²) in [6, 6.07) is 16.5. The van der Waals surface area contributed by atoms with Crippen molar-refractivity contribution in [2.45, 2.75) is 19.1 Å². The lowest BCUT2D eigenvalue weighted by Crippen LogP contribution is -2.42. The van der Waals surface area contributed by atoms with E-state index in [2.05, 4.69) is 10.3 Å². The van der Waals surface area contributed by atoms with Crippen molar-refractivity contribution in [3.8, 4) is 5.75 Å². The molecular formula is C19H22Cl2F2N4O2. The highest BCUT2D eigenvalue weighted by molar-refractivity contribution is 5.85. The average Bonchev–Trinajstić information content (AvgIpc) is 3.03. The van der Waals surface area contributed by atoms with Crippen LogP contribution in [0.3, 0.4) is 0 Å². The maximum Gasteiger partial charge on any atom is 0.277 e. The second-order valence-corrected chi connectivity index (χ2v) is 6.04. The van der Waals surface area contributed by atoms with Crippen LogP contribution in [0.5, 0.6) is 5.75 Å². The number of halogens is 4. The molecule has 3 rings (SSSR count). The summed E-state index contributed by atoms with van der Waals surface area (Å²) in [4.78, 5) is 16.7. The number of hydrogen-bond acceptors (Lipinski definition) is 4. The first-order chi connectivity index (χ1) is 13.0. The molecule has 29 heavy (non-hydrogen) atoms. The highest BCUT2D eigenvalue weighted by Gasteiger charge is 2.27. The minimum absolute atomic E-state index is 0. The summed E-state index contributed by atoms with van der Waals surface area (Å²) >= 11 is 0. The third-order valence-corrected chi connectivity index (χ3v) is 3.99. The van der Waals surface area contributed by atoms with Crippen LogP contribution < -0.4 is 15.8 Å². The number of imidazole rings is 1. The molecule has 3 N–H and O–H groups in total. The van der Waals surface area contributed by atoms with Crippen LogP contribution in [-0.4, -0.2) is 34.5 Å². The van der Waals surface area contributed by atoms with E-state index in [1.54, 1.807) is 4.57 Å². The molecule has 2 aromatic carbocycles. The summed E-state index contributed by atoms with van der Waals surface area (Å²) in [5.41, 5.74) is 6.41. The van der Waals surface area contributed by atoms with Gasteiger partial charge in [-0.25, -0.2) is 13.8 Å². The Hall–Kier alpha value is -2.42. The van der Waals surface area contributed by atoms with Crippen molar-refractivity contribution in [3.05, 3.63) is 60.4 Å². The van der Waals surface area contributed by atoms with E-state index >= 15 is 0 Å². The van der Waals surface area contributed by atoms with Gasteiger partial charge in [-0.05, 0) is 24.3 Å². The maximum atomic E-state index is 13.3. The summed E-state index contributed by atoms with van der Waals surface area (Å²) in [6.45, 7) is -1.62. The minimum Gasteiger partial charge on any atom is -0.486 e. The van der Waals surface area contributed by atoms with Crippen molar-refractivity contribution < 1.29 is 18.3 Å². The molecule has 0 saturated heterocycles. The van der Waals surface area contributed by atoms with Gasteiger partial charge in [0.05, 0.1) is 24.1 Å². The second kappa shape index (κ2) is 10.9.